The average molecular weight is 512 g/mol. The maximum atomic E-state index is 13.4. The van der Waals surface area contributed by atoms with Crippen molar-refractivity contribution in [1.29, 1.82) is 0 Å². The predicted molar refractivity (Wildman–Crippen MR) is 140 cm³/mol. The average Bonchev–Trinajstić information content (AvgIpc) is 2.86. The summed E-state index contributed by atoms with van der Waals surface area (Å²) >= 11 is 0. The fourth-order valence-corrected chi connectivity index (χ4v) is 4.95. The zero-order chi connectivity index (χ0) is 26.5. The second kappa shape index (κ2) is 11.5. The first-order valence-corrected chi connectivity index (χ1v) is 13.1. The fraction of sp³-hybridized carbons (Fsp3) is 0.333. The molecule has 1 unspecified atom stereocenters. The zero-order valence-corrected chi connectivity index (χ0v) is 22.1. The van der Waals surface area contributed by atoms with E-state index in [0.29, 0.717) is 5.75 Å². The highest BCUT2D eigenvalue weighted by atomic mass is 32.2. The van der Waals surface area contributed by atoms with Gasteiger partial charge in [-0.3, -0.25) is 9.59 Å². The highest BCUT2D eigenvalue weighted by Crippen LogP contribution is 2.22. The van der Waals surface area contributed by atoms with E-state index in [2.05, 4.69) is 5.32 Å². The van der Waals surface area contributed by atoms with Gasteiger partial charge in [-0.15, -0.1) is 0 Å². The second-order valence-corrected chi connectivity index (χ2v) is 11.0. The van der Waals surface area contributed by atoms with E-state index in [0.717, 1.165) is 20.6 Å². The van der Waals surface area contributed by atoms with Gasteiger partial charge in [-0.25, -0.2) is 8.42 Å². The van der Waals surface area contributed by atoms with Crippen LogP contribution >= 0.6 is 0 Å². The van der Waals surface area contributed by atoms with Gasteiger partial charge in [-0.05, 0) is 61.4 Å². The first kappa shape index (κ1) is 27.2. The minimum absolute atomic E-state index is 0.101. The van der Waals surface area contributed by atoms with E-state index in [9.17, 15) is 18.0 Å². The summed E-state index contributed by atoms with van der Waals surface area (Å²) in [6.45, 7) is 5.04. The minimum atomic E-state index is -3.94. The number of ether oxygens (including phenoxy) is 1. The molecule has 0 fully saturated rings. The molecule has 0 saturated heterocycles. The van der Waals surface area contributed by atoms with E-state index < -0.39 is 28.5 Å². The number of carbonyl (C=O) groups excluding carboxylic acids is 2. The lowest BCUT2D eigenvalue weighted by atomic mass is 10.1. The van der Waals surface area contributed by atoms with E-state index >= 15 is 0 Å². The van der Waals surface area contributed by atoms with Crippen molar-refractivity contribution in [2.75, 3.05) is 20.7 Å². The van der Waals surface area contributed by atoms with Crippen molar-refractivity contribution >= 4 is 32.6 Å². The van der Waals surface area contributed by atoms with E-state index in [1.54, 1.807) is 38.3 Å². The Morgan fingerprint density at radius 2 is 1.58 bits per heavy atom. The molecule has 0 aliphatic rings. The number of hydrogen-bond donors (Lipinski definition) is 1. The number of methoxy groups -OCH3 is 1. The highest BCUT2D eigenvalue weighted by molar-refractivity contribution is 7.89. The molecule has 0 aliphatic heterocycles. The third-order valence-corrected chi connectivity index (χ3v) is 7.70. The molecule has 0 aromatic heterocycles. The van der Waals surface area contributed by atoms with Crippen LogP contribution in [0.15, 0.2) is 71.6 Å². The van der Waals surface area contributed by atoms with Crippen LogP contribution in [0.4, 0.5) is 0 Å². The quantitative estimate of drug-likeness (QED) is 0.450. The van der Waals surface area contributed by atoms with Crippen LogP contribution in [-0.2, 0) is 26.2 Å². The minimum Gasteiger partial charge on any atom is -0.497 e. The van der Waals surface area contributed by atoms with Gasteiger partial charge in [0, 0.05) is 19.6 Å². The van der Waals surface area contributed by atoms with Crippen LogP contribution in [0.2, 0.25) is 0 Å². The molecule has 0 bridgehead atoms. The number of likely N-dealkylation sites (N-methyl/N-ethyl adjacent to an activating group) is 1. The number of fused-ring (bicyclic) bond motifs is 1. The van der Waals surface area contributed by atoms with E-state index in [1.165, 1.54) is 18.0 Å². The molecule has 0 aliphatic carbocycles. The van der Waals surface area contributed by atoms with Gasteiger partial charge in [-0.2, -0.15) is 4.31 Å². The number of rotatable bonds is 10. The molecule has 0 heterocycles. The van der Waals surface area contributed by atoms with Crippen molar-refractivity contribution in [2.45, 2.75) is 44.3 Å². The fourth-order valence-electron chi connectivity index (χ4n) is 3.79. The summed E-state index contributed by atoms with van der Waals surface area (Å²) in [4.78, 5) is 27.7. The number of carbonyl (C=O) groups is 2. The third kappa shape index (κ3) is 6.41. The topological polar surface area (TPSA) is 96.0 Å². The van der Waals surface area contributed by atoms with Gasteiger partial charge >= 0.3 is 0 Å². The zero-order valence-electron chi connectivity index (χ0n) is 21.3. The molecule has 36 heavy (non-hydrogen) atoms. The smallest absolute Gasteiger partial charge is 0.243 e. The lowest BCUT2D eigenvalue weighted by molar-refractivity contribution is -0.140. The van der Waals surface area contributed by atoms with Crippen LogP contribution in [-0.4, -0.2) is 62.2 Å². The van der Waals surface area contributed by atoms with Gasteiger partial charge in [0.25, 0.3) is 0 Å². The summed E-state index contributed by atoms with van der Waals surface area (Å²) < 4.78 is 32.8. The summed E-state index contributed by atoms with van der Waals surface area (Å²) in [5.74, 6) is -0.126. The SMILES string of the molecule is COc1ccc(CN(C(=O)CN(C)S(=O)(=O)c2ccc3ccccc3c2)C(C)C(=O)NC(C)C)cc1. The molecular weight excluding hydrogens is 478 g/mol. The molecule has 9 heteroatoms. The van der Waals surface area contributed by atoms with Gasteiger partial charge in [0.05, 0.1) is 18.6 Å². The Balaban J connectivity index is 1.84. The number of benzene rings is 3. The normalized spacial score (nSPS) is 12.5. The lowest BCUT2D eigenvalue weighted by Gasteiger charge is -2.30. The number of sulfonamides is 1. The molecule has 3 aromatic rings. The molecule has 3 aromatic carbocycles. The molecule has 2 amide bonds. The summed E-state index contributed by atoms with van der Waals surface area (Å²) in [6.07, 6.45) is 0. The first-order valence-electron chi connectivity index (χ1n) is 11.7. The molecule has 8 nitrogen and oxygen atoms in total. The number of nitrogens with one attached hydrogen (secondary N) is 1. The van der Waals surface area contributed by atoms with Crippen LogP contribution < -0.4 is 10.1 Å². The molecule has 192 valence electrons. The molecular formula is C27H33N3O5S. The molecule has 0 radical (unpaired) electrons. The second-order valence-electron chi connectivity index (χ2n) is 8.98. The maximum Gasteiger partial charge on any atom is 0.243 e. The Hall–Kier alpha value is -3.43. The van der Waals surface area contributed by atoms with Crippen LogP contribution in [0.25, 0.3) is 10.8 Å². The molecule has 1 N–H and O–H groups in total. The van der Waals surface area contributed by atoms with E-state index in [4.69, 9.17) is 4.74 Å². The Morgan fingerprint density at radius 3 is 2.19 bits per heavy atom. The summed E-state index contributed by atoms with van der Waals surface area (Å²) in [7, 11) is -1.00. The van der Waals surface area contributed by atoms with Crippen molar-refractivity contribution < 1.29 is 22.7 Å². The van der Waals surface area contributed by atoms with Gasteiger partial charge in [0.15, 0.2) is 0 Å². The number of hydrogen-bond acceptors (Lipinski definition) is 5. The predicted octanol–water partition coefficient (Wildman–Crippen LogP) is 3.41. The van der Waals surface area contributed by atoms with Crippen molar-refractivity contribution in [3.8, 4) is 5.75 Å². The molecule has 1 atom stereocenters. The number of nitrogens with zero attached hydrogens (tertiary/aromatic N) is 2. The standard InChI is InChI=1S/C27H33N3O5S/c1-19(2)28-27(32)20(3)30(17-21-10-13-24(35-5)14-11-21)26(31)18-29(4)36(33,34)25-15-12-22-8-6-7-9-23(22)16-25/h6-16,19-20H,17-18H2,1-5H3,(H,28,32). The van der Waals surface area contributed by atoms with Gasteiger partial charge < -0.3 is 15.0 Å². The van der Waals surface area contributed by atoms with Crippen LogP contribution in [0.3, 0.4) is 0 Å². The largest absolute Gasteiger partial charge is 0.497 e. The van der Waals surface area contributed by atoms with Crippen molar-refractivity contribution in [3.05, 3.63) is 72.3 Å². The third-order valence-electron chi connectivity index (χ3n) is 5.90. The Labute approximate surface area is 212 Å². The van der Waals surface area contributed by atoms with E-state index in [1.807, 2.05) is 50.2 Å². The molecule has 0 spiro atoms. The van der Waals surface area contributed by atoms with Crippen molar-refractivity contribution in [1.82, 2.24) is 14.5 Å². The summed E-state index contributed by atoms with van der Waals surface area (Å²) in [5.41, 5.74) is 0.786. The lowest BCUT2D eigenvalue weighted by Crippen LogP contribution is -2.51. The van der Waals surface area contributed by atoms with E-state index in [-0.39, 0.29) is 23.4 Å². The Kier molecular flexibility index (Phi) is 8.70. The molecule has 3 rings (SSSR count). The highest BCUT2D eigenvalue weighted by Gasteiger charge is 2.30. The van der Waals surface area contributed by atoms with Crippen LogP contribution in [0.1, 0.15) is 26.3 Å². The van der Waals surface area contributed by atoms with Crippen molar-refractivity contribution in [2.24, 2.45) is 0 Å². The van der Waals surface area contributed by atoms with Crippen LogP contribution in [0.5, 0.6) is 5.75 Å². The van der Waals surface area contributed by atoms with Gasteiger partial charge in [0.2, 0.25) is 21.8 Å². The Morgan fingerprint density at radius 1 is 0.944 bits per heavy atom. The monoisotopic (exact) mass is 511 g/mol. The van der Waals surface area contributed by atoms with Gasteiger partial charge in [0.1, 0.15) is 11.8 Å². The van der Waals surface area contributed by atoms with Gasteiger partial charge in [-0.1, -0.05) is 42.5 Å². The first-order chi connectivity index (χ1) is 17.0. The summed E-state index contributed by atoms with van der Waals surface area (Å²) in [6, 6.07) is 18.6. The summed E-state index contributed by atoms with van der Waals surface area (Å²) in [5, 5.41) is 4.54. The Bertz CT molecular complexity index is 1320. The number of amides is 2. The molecule has 0 saturated carbocycles. The maximum absolute atomic E-state index is 13.4. The van der Waals surface area contributed by atoms with Crippen LogP contribution in [0, 0.1) is 0 Å². The van der Waals surface area contributed by atoms with Crippen molar-refractivity contribution in [3.63, 3.8) is 0 Å².